The first-order valence-corrected chi connectivity index (χ1v) is 3.86. The second-order valence-corrected chi connectivity index (χ2v) is 2.56. The molecule has 4 atom stereocenters. The molecule has 0 saturated carbocycles. The second kappa shape index (κ2) is 9.71. The average molecular weight is 229 g/mol. The second-order valence-electron chi connectivity index (χ2n) is 2.56. The Balaban J connectivity index is 0. The van der Waals surface area contributed by atoms with Crippen LogP contribution in [-0.2, 0) is 0 Å². The van der Waals surface area contributed by atoms with Crippen LogP contribution in [0.25, 0.3) is 0 Å². The van der Waals surface area contributed by atoms with Crippen molar-refractivity contribution in [3.05, 3.63) is 4.91 Å². The largest absolute Gasteiger partial charge is 0.394 e. The molecule has 0 bridgehead atoms. The molecule has 0 aromatic rings. The molecule has 15 heavy (non-hydrogen) atoms. The lowest BCUT2D eigenvalue weighted by Crippen LogP contribution is -2.46. The summed E-state index contributed by atoms with van der Waals surface area (Å²) in [7, 11) is 0. The van der Waals surface area contributed by atoms with E-state index in [1.807, 2.05) is 0 Å². The minimum Gasteiger partial charge on any atom is -0.394 e. The van der Waals surface area contributed by atoms with Crippen LogP contribution in [0.15, 0.2) is 5.34 Å². The van der Waals surface area contributed by atoms with Gasteiger partial charge in [-0.1, -0.05) is 0 Å². The molecule has 7 N–H and O–H groups in total. The lowest BCUT2D eigenvalue weighted by molar-refractivity contribution is -0.123. The van der Waals surface area contributed by atoms with E-state index in [9.17, 15) is 0 Å². The first kappa shape index (κ1) is 16.6. The monoisotopic (exact) mass is 229 g/mol. The Hall–Kier alpha value is -0.840. The quantitative estimate of drug-likeness (QED) is 0.188. The van der Waals surface area contributed by atoms with Crippen molar-refractivity contribution in [2.24, 2.45) is 5.34 Å². The fraction of sp³-hybridized carbons (Fsp3) is 1.00. The van der Waals surface area contributed by atoms with E-state index in [0.717, 1.165) is 0 Å². The summed E-state index contributed by atoms with van der Waals surface area (Å²) in [5.41, 5.74) is 0. The fourth-order valence-electron chi connectivity index (χ4n) is 0.671. The summed E-state index contributed by atoms with van der Waals surface area (Å²) in [6.45, 7) is -1.45. The molecule has 0 aliphatic rings. The van der Waals surface area contributed by atoms with E-state index in [2.05, 4.69) is 0 Å². The molecule has 0 rings (SSSR count). The maximum atomic E-state index is 8.96. The van der Waals surface area contributed by atoms with Gasteiger partial charge in [0.15, 0.2) is 5.34 Å². The Labute approximate surface area is 84.8 Å². The zero-order valence-corrected chi connectivity index (χ0v) is 7.71. The van der Waals surface area contributed by atoms with Crippen molar-refractivity contribution in [3.63, 3.8) is 0 Å². The summed E-state index contributed by atoms with van der Waals surface area (Å²) < 4.78 is 0. The van der Waals surface area contributed by atoms with Crippen LogP contribution in [0.2, 0.25) is 0 Å². The van der Waals surface area contributed by atoms with E-state index >= 15 is 0 Å². The van der Waals surface area contributed by atoms with Crippen molar-refractivity contribution in [2.75, 3.05) is 13.2 Å². The molecule has 0 aromatic heterocycles. The highest BCUT2D eigenvalue weighted by Crippen LogP contribution is 2.03. The summed E-state index contributed by atoms with van der Waals surface area (Å²) in [4.78, 5) is 8.11. The van der Waals surface area contributed by atoms with Crippen LogP contribution in [0.4, 0.5) is 0 Å². The first-order chi connectivity index (χ1) is 6.95. The molecular formula is C6H15NO8. The van der Waals surface area contributed by atoms with Crippen molar-refractivity contribution < 1.29 is 35.8 Å². The Morgan fingerprint density at radius 3 is 1.20 bits per heavy atom. The number of nitrogens with zero attached hydrogens (tertiary/aromatic N) is 1. The molecule has 0 amide bonds. The van der Waals surface area contributed by atoms with Gasteiger partial charge < -0.3 is 35.8 Å². The van der Waals surface area contributed by atoms with Crippen molar-refractivity contribution >= 4 is 0 Å². The van der Waals surface area contributed by atoms with Gasteiger partial charge in [0.25, 0.3) is 0 Å². The van der Waals surface area contributed by atoms with Crippen LogP contribution in [0.1, 0.15) is 0 Å². The lowest BCUT2D eigenvalue weighted by atomic mass is 10.0. The van der Waals surface area contributed by atoms with Gasteiger partial charge in [-0.15, -0.1) is 4.91 Å². The summed E-state index contributed by atoms with van der Waals surface area (Å²) in [5.74, 6) is 0. The smallest absolute Gasteiger partial charge is 0.152 e. The van der Waals surface area contributed by atoms with E-state index in [0.29, 0.717) is 0 Å². The third-order valence-corrected chi connectivity index (χ3v) is 1.51. The lowest BCUT2D eigenvalue weighted by Gasteiger charge is -2.24. The van der Waals surface area contributed by atoms with Gasteiger partial charge in [0.05, 0.1) is 13.2 Å². The third-order valence-electron chi connectivity index (χ3n) is 1.51. The topological polar surface area (TPSA) is 171 Å². The van der Waals surface area contributed by atoms with E-state index in [4.69, 9.17) is 40.8 Å². The highest BCUT2D eigenvalue weighted by Gasteiger charge is 2.29. The van der Waals surface area contributed by atoms with Crippen molar-refractivity contribution in [1.82, 2.24) is 0 Å². The van der Waals surface area contributed by atoms with Gasteiger partial charge in [0.1, 0.15) is 24.4 Å². The van der Waals surface area contributed by atoms with Gasteiger partial charge in [-0.3, -0.25) is 0 Å². The Kier molecular flexibility index (Phi) is 10.7. The maximum absolute atomic E-state index is 8.96. The van der Waals surface area contributed by atoms with Crippen molar-refractivity contribution in [2.45, 2.75) is 24.4 Å². The molecule has 0 radical (unpaired) electrons. The van der Waals surface area contributed by atoms with Gasteiger partial charge >= 0.3 is 0 Å². The summed E-state index contributed by atoms with van der Waals surface area (Å²) in [5, 5.41) is 60.1. The normalized spacial score (nSPS) is 18.0. The predicted octanol–water partition coefficient (Wildman–Crippen LogP) is -3.44. The molecule has 0 heterocycles. The van der Waals surface area contributed by atoms with Crippen molar-refractivity contribution in [3.8, 4) is 0 Å². The Morgan fingerprint density at radius 1 is 0.867 bits per heavy atom. The molecular weight excluding hydrogens is 214 g/mol. The SMILES string of the molecule is O=NO.OCC(O)C(O)C(O)C(O)CO. The van der Waals surface area contributed by atoms with Crippen LogP contribution in [0, 0.1) is 4.91 Å². The molecule has 0 aliphatic carbocycles. The molecule has 9 heteroatoms. The minimum atomic E-state index is -1.67. The number of aliphatic hydroxyl groups excluding tert-OH is 6. The molecule has 0 spiro atoms. The summed E-state index contributed by atoms with van der Waals surface area (Å²) >= 11 is 0. The summed E-state index contributed by atoms with van der Waals surface area (Å²) in [6, 6.07) is 0. The standard InChI is InChI=1S/C6H14O6.HNO2/c7-1-3(9)5(11)6(12)4(10)2-8;2-1-3/h3-12H,1-2H2;(H,2,3). The van der Waals surface area contributed by atoms with E-state index < -0.39 is 37.6 Å². The van der Waals surface area contributed by atoms with Gasteiger partial charge in [-0.2, -0.15) is 0 Å². The highest BCUT2D eigenvalue weighted by atomic mass is 16.6. The molecule has 4 unspecified atom stereocenters. The van der Waals surface area contributed by atoms with Crippen LogP contribution < -0.4 is 0 Å². The van der Waals surface area contributed by atoms with Crippen molar-refractivity contribution in [1.29, 1.82) is 0 Å². The fourth-order valence-corrected chi connectivity index (χ4v) is 0.671. The minimum absolute atomic E-state index is 0.726. The van der Waals surface area contributed by atoms with Gasteiger partial charge in [-0.25, -0.2) is 0 Å². The molecule has 0 saturated heterocycles. The maximum Gasteiger partial charge on any atom is 0.152 e. The summed E-state index contributed by atoms with van der Waals surface area (Å²) in [6.07, 6.45) is -6.39. The molecule has 0 fully saturated rings. The van der Waals surface area contributed by atoms with Crippen LogP contribution in [0.5, 0.6) is 0 Å². The highest BCUT2D eigenvalue weighted by molar-refractivity contribution is 4.79. The molecule has 9 nitrogen and oxygen atoms in total. The van der Waals surface area contributed by atoms with E-state index in [-0.39, 0.29) is 0 Å². The molecule has 0 aromatic carbocycles. The van der Waals surface area contributed by atoms with Crippen LogP contribution in [0.3, 0.4) is 0 Å². The Bertz CT molecular complexity index is 142. The average Bonchev–Trinajstić information content (AvgIpc) is 2.25. The van der Waals surface area contributed by atoms with Crippen LogP contribution in [-0.4, -0.2) is 73.5 Å². The van der Waals surface area contributed by atoms with E-state index in [1.54, 1.807) is 0 Å². The van der Waals surface area contributed by atoms with Gasteiger partial charge in [0.2, 0.25) is 0 Å². The molecule has 0 aliphatic heterocycles. The number of hydrogen-bond donors (Lipinski definition) is 7. The predicted molar refractivity (Wildman–Crippen MR) is 45.8 cm³/mol. The number of aliphatic hydroxyl groups is 6. The van der Waals surface area contributed by atoms with Crippen LogP contribution >= 0.6 is 0 Å². The zero-order valence-electron chi connectivity index (χ0n) is 7.71. The first-order valence-electron chi connectivity index (χ1n) is 3.86. The van der Waals surface area contributed by atoms with E-state index in [1.165, 1.54) is 5.34 Å². The van der Waals surface area contributed by atoms with Gasteiger partial charge in [-0.05, 0) is 0 Å². The Morgan fingerprint density at radius 2 is 1.07 bits per heavy atom. The number of hydrogen-bond acceptors (Lipinski definition) is 8. The van der Waals surface area contributed by atoms with Gasteiger partial charge in [0, 0.05) is 0 Å². The zero-order chi connectivity index (χ0) is 12.4. The third kappa shape index (κ3) is 7.13. The number of rotatable bonds is 5. The molecule has 92 valence electrons.